The second-order valence-electron chi connectivity index (χ2n) is 5.90. The van der Waals surface area contributed by atoms with Crippen LogP contribution in [-0.4, -0.2) is 53.6 Å². The van der Waals surface area contributed by atoms with Gasteiger partial charge in [-0.2, -0.15) is 0 Å². The van der Waals surface area contributed by atoms with E-state index in [1.807, 2.05) is 0 Å². The quantitative estimate of drug-likeness (QED) is 0.793. The Balaban J connectivity index is 1.64. The van der Waals surface area contributed by atoms with Crippen molar-refractivity contribution >= 4 is 6.29 Å². The summed E-state index contributed by atoms with van der Waals surface area (Å²) in [5, 5.41) is 20.6. The van der Waals surface area contributed by atoms with Crippen LogP contribution in [0.1, 0.15) is 23.2 Å². The summed E-state index contributed by atoms with van der Waals surface area (Å²) in [6, 6.07) is 6.67. The van der Waals surface area contributed by atoms with Crippen LogP contribution < -0.4 is 4.74 Å². The van der Waals surface area contributed by atoms with E-state index < -0.39 is 12.5 Å². The predicted molar refractivity (Wildman–Crippen MR) is 82.8 cm³/mol. The van der Waals surface area contributed by atoms with Crippen LogP contribution in [0.5, 0.6) is 5.75 Å². The van der Waals surface area contributed by atoms with Gasteiger partial charge in [0.1, 0.15) is 24.0 Å². The molecule has 3 rings (SSSR count). The zero-order valence-corrected chi connectivity index (χ0v) is 12.8. The highest BCUT2D eigenvalue weighted by molar-refractivity contribution is 5.75. The first kappa shape index (κ1) is 16.1. The zero-order chi connectivity index (χ0) is 16.2. The molecule has 0 aliphatic carbocycles. The van der Waals surface area contributed by atoms with Crippen molar-refractivity contribution in [2.45, 2.75) is 25.3 Å². The number of hydrogen-bond donors (Lipinski definition) is 2. The van der Waals surface area contributed by atoms with E-state index in [-0.39, 0.29) is 5.76 Å². The standard InChI is InChI=1S/C17H21NO5/c19-11-13-2-1-3-14(8-13)23-15-9-16(20)18(17(15)21)10-12-4-6-22-7-5-12/h1-3,8-9,11-12,16-17,20-21H,4-7,10H2. The van der Waals surface area contributed by atoms with Gasteiger partial charge in [0, 0.05) is 31.4 Å². The maximum atomic E-state index is 10.8. The van der Waals surface area contributed by atoms with Gasteiger partial charge in [0.25, 0.3) is 0 Å². The van der Waals surface area contributed by atoms with Gasteiger partial charge in [-0.1, -0.05) is 12.1 Å². The second kappa shape index (κ2) is 7.23. The van der Waals surface area contributed by atoms with Crippen LogP contribution in [0.25, 0.3) is 0 Å². The van der Waals surface area contributed by atoms with E-state index >= 15 is 0 Å². The minimum atomic E-state index is -0.993. The van der Waals surface area contributed by atoms with E-state index in [0.717, 1.165) is 32.3 Å². The first-order valence-corrected chi connectivity index (χ1v) is 7.82. The zero-order valence-electron chi connectivity index (χ0n) is 12.8. The first-order valence-electron chi connectivity index (χ1n) is 7.82. The van der Waals surface area contributed by atoms with E-state index in [4.69, 9.17) is 9.47 Å². The lowest BCUT2D eigenvalue weighted by Crippen LogP contribution is -2.42. The monoisotopic (exact) mass is 319 g/mol. The van der Waals surface area contributed by atoms with Crippen LogP contribution in [0.2, 0.25) is 0 Å². The Labute approximate surface area is 134 Å². The molecule has 0 bridgehead atoms. The largest absolute Gasteiger partial charge is 0.458 e. The van der Waals surface area contributed by atoms with E-state index in [1.165, 1.54) is 6.08 Å². The highest BCUT2D eigenvalue weighted by atomic mass is 16.5. The molecule has 1 fully saturated rings. The molecule has 1 aromatic rings. The lowest BCUT2D eigenvalue weighted by atomic mass is 10.00. The summed E-state index contributed by atoms with van der Waals surface area (Å²) in [5.74, 6) is 1.13. The Morgan fingerprint density at radius 2 is 2.09 bits per heavy atom. The summed E-state index contributed by atoms with van der Waals surface area (Å²) < 4.78 is 11.0. The molecule has 2 atom stereocenters. The molecular weight excluding hydrogens is 298 g/mol. The van der Waals surface area contributed by atoms with Crippen LogP contribution in [-0.2, 0) is 4.74 Å². The van der Waals surface area contributed by atoms with Gasteiger partial charge in [0.2, 0.25) is 0 Å². The number of aldehydes is 1. The lowest BCUT2D eigenvalue weighted by Gasteiger charge is -2.31. The van der Waals surface area contributed by atoms with Gasteiger partial charge in [-0.3, -0.25) is 4.79 Å². The van der Waals surface area contributed by atoms with E-state index in [9.17, 15) is 15.0 Å². The number of benzene rings is 1. The van der Waals surface area contributed by atoms with Gasteiger partial charge in [-0.05, 0) is 30.9 Å². The number of carbonyl (C=O) groups excluding carboxylic acids is 1. The number of aliphatic hydroxyl groups is 2. The molecule has 0 amide bonds. The van der Waals surface area contributed by atoms with Gasteiger partial charge in [-0.15, -0.1) is 0 Å². The third kappa shape index (κ3) is 3.79. The number of aliphatic hydroxyl groups excluding tert-OH is 2. The van der Waals surface area contributed by atoms with Crippen molar-refractivity contribution in [1.29, 1.82) is 0 Å². The average molecular weight is 319 g/mol. The molecule has 124 valence electrons. The molecule has 0 spiro atoms. The summed E-state index contributed by atoms with van der Waals surface area (Å²) in [6.07, 6.45) is 2.21. The maximum absolute atomic E-state index is 10.8. The average Bonchev–Trinajstić information content (AvgIpc) is 2.83. The van der Waals surface area contributed by atoms with Gasteiger partial charge in [0.05, 0.1) is 0 Å². The smallest absolute Gasteiger partial charge is 0.168 e. The molecule has 2 N–H and O–H groups in total. The molecule has 6 heteroatoms. The predicted octanol–water partition coefficient (Wildman–Crippen LogP) is 1.14. The van der Waals surface area contributed by atoms with E-state index in [1.54, 1.807) is 29.2 Å². The molecule has 2 heterocycles. The lowest BCUT2D eigenvalue weighted by molar-refractivity contribution is -0.0691. The molecule has 0 aromatic heterocycles. The summed E-state index contributed by atoms with van der Waals surface area (Å²) in [4.78, 5) is 12.4. The highest BCUT2D eigenvalue weighted by Gasteiger charge is 2.35. The van der Waals surface area contributed by atoms with Crippen LogP contribution in [0.4, 0.5) is 0 Å². The number of rotatable bonds is 5. The molecule has 0 saturated carbocycles. The summed E-state index contributed by atoms with van der Waals surface area (Å²) in [5.41, 5.74) is 0.496. The van der Waals surface area contributed by atoms with Crippen molar-refractivity contribution in [3.05, 3.63) is 41.7 Å². The molecule has 23 heavy (non-hydrogen) atoms. The van der Waals surface area contributed by atoms with Crippen molar-refractivity contribution in [1.82, 2.24) is 4.90 Å². The highest BCUT2D eigenvalue weighted by Crippen LogP contribution is 2.27. The summed E-state index contributed by atoms with van der Waals surface area (Å²) in [6.45, 7) is 2.03. The van der Waals surface area contributed by atoms with Crippen LogP contribution in [0.3, 0.4) is 0 Å². The topological polar surface area (TPSA) is 79.2 Å². The molecule has 1 saturated heterocycles. The molecule has 2 aliphatic heterocycles. The Bertz CT molecular complexity index is 582. The Hall–Kier alpha value is -1.73. The minimum absolute atomic E-state index is 0.285. The second-order valence-corrected chi connectivity index (χ2v) is 5.90. The fourth-order valence-electron chi connectivity index (χ4n) is 2.95. The first-order chi connectivity index (χ1) is 11.2. The summed E-state index contributed by atoms with van der Waals surface area (Å²) >= 11 is 0. The molecular formula is C17H21NO5. The van der Waals surface area contributed by atoms with Crippen LogP contribution in [0, 0.1) is 5.92 Å². The summed E-state index contributed by atoms with van der Waals surface area (Å²) in [7, 11) is 0. The number of carbonyl (C=O) groups is 1. The molecule has 2 aliphatic rings. The van der Waals surface area contributed by atoms with Gasteiger partial charge >= 0.3 is 0 Å². The van der Waals surface area contributed by atoms with Gasteiger partial charge < -0.3 is 19.7 Å². The number of hydrogen-bond acceptors (Lipinski definition) is 6. The Kier molecular flexibility index (Phi) is 5.07. The van der Waals surface area contributed by atoms with Crippen molar-refractivity contribution in [2.24, 2.45) is 5.92 Å². The van der Waals surface area contributed by atoms with Crippen LogP contribution in [0.15, 0.2) is 36.1 Å². The normalized spacial score (nSPS) is 26.1. The van der Waals surface area contributed by atoms with Crippen molar-refractivity contribution in [2.75, 3.05) is 19.8 Å². The Morgan fingerprint density at radius 1 is 1.30 bits per heavy atom. The van der Waals surface area contributed by atoms with E-state index in [0.29, 0.717) is 23.8 Å². The third-order valence-electron chi connectivity index (χ3n) is 4.26. The van der Waals surface area contributed by atoms with E-state index in [2.05, 4.69) is 0 Å². The maximum Gasteiger partial charge on any atom is 0.168 e. The fraction of sp³-hybridized carbons (Fsp3) is 0.471. The molecule has 1 aromatic carbocycles. The van der Waals surface area contributed by atoms with Crippen molar-refractivity contribution < 1.29 is 24.5 Å². The van der Waals surface area contributed by atoms with Gasteiger partial charge in [0.15, 0.2) is 6.23 Å². The number of nitrogens with zero attached hydrogens (tertiary/aromatic N) is 1. The third-order valence-corrected chi connectivity index (χ3v) is 4.26. The van der Waals surface area contributed by atoms with Gasteiger partial charge in [-0.25, -0.2) is 4.90 Å². The van der Waals surface area contributed by atoms with Crippen molar-refractivity contribution in [3.63, 3.8) is 0 Å². The molecule has 2 unspecified atom stereocenters. The van der Waals surface area contributed by atoms with Crippen molar-refractivity contribution in [3.8, 4) is 5.75 Å². The molecule has 0 radical (unpaired) electrons. The fourth-order valence-corrected chi connectivity index (χ4v) is 2.95. The number of ether oxygens (including phenoxy) is 2. The SMILES string of the molecule is O=Cc1cccc(OC2=CC(O)N(CC3CCOCC3)C2O)c1. The minimum Gasteiger partial charge on any atom is -0.458 e. The molecule has 6 nitrogen and oxygen atoms in total. The van der Waals surface area contributed by atoms with Crippen LogP contribution >= 0.6 is 0 Å². The Morgan fingerprint density at radius 3 is 2.83 bits per heavy atom.